The molecule has 0 saturated carbocycles. The van der Waals surface area contributed by atoms with E-state index in [-0.39, 0.29) is 41.0 Å². The maximum Gasteiger partial charge on any atom is 0.338 e. The molecule has 2 aliphatic rings. The Hall–Kier alpha value is -3.32. The molecule has 2 aliphatic heterocycles. The number of aryl methyl sites for hydroxylation is 1. The van der Waals surface area contributed by atoms with Gasteiger partial charge in [-0.05, 0) is 49.9 Å². The molecule has 0 aliphatic carbocycles. The van der Waals surface area contributed by atoms with Crippen LogP contribution in [0.25, 0.3) is 0 Å². The summed E-state index contributed by atoms with van der Waals surface area (Å²) in [5.41, 5.74) is 2.10. The molecular formula is C25H25NO6. The highest BCUT2D eigenvalue weighted by Gasteiger charge is 2.38. The maximum atomic E-state index is 12.8. The molecule has 7 nitrogen and oxygen atoms in total. The summed E-state index contributed by atoms with van der Waals surface area (Å²) >= 11 is 0. The van der Waals surface area contributed by atoms with Crippen LogP contribution in [0.3, 0.4) is 0 Å². The fourth-order valence-corrected chi connectivity index (χ4v) is 4.00. The van der Waals surface area contributed by atoms with E-state index < -0.39 is 18.0 Å². The average Bonchev–Trinajstić information content (AvgIpc) is 3.41. The zero-order valence-electron chi connectivity index (χ0n) is 18.1. The summed E-state index contributed by atoms with van der Waals surface area (Å²) in [6, 6.07) is 11.4. The molecule has 4 rings (SSSR count). The van der Waals surface area contributed by atoms with Crippen LogP contribution in [0.1, 0.15) is 73.7 Å². The van der Waals surface area contributed by atoms with Gasteiger partial charge in [-0.15, -0.1) is 0 Å². The smallest absolute Gasteiger partial charge is 0.338 e. The Kier molecular flexibility index (Phi) is 6.19. The minimum atomic E-state index is -0.989. The van der Waals surface area contributed by atoms with Gasteiger partial charge in [-0.2, -0.15) is 0 Å². The quantitative estimate of drug-likeness (QED) is 0.376. The number of benzene rings is 2. The Labute approximate surface area is 186 Å². The van der Waals surface area contributed by atoms with Gasteiger partial charge in [-0.1, -0.05) is 31.2 Å². The molecule has 0 spiro atoms. The fourth-order valence-electron chi connectivity index (χ4n) is 4.00. The van der Waals surface area contributed by atoms with E-state index in [4.69, 9.17) is 9.47 Å². The first-order valence-electron chi connectivity index (χ1n) is 10.8. The largest absolute Gasteiger partial charge is 0.451 e. The number of esters is 1. The van der Waals surface area contributed by atoms with Crippen molar-refractivity contribution >= 4 is 23.6 Å². The SMILES string of the molecule is CCc1ccc(C(=O)C(C)OC(=O)c2ccc3c(c2)C(=O)N(CC2CCCO2)C3=O)cc1. The Morgan fingerprint density at radius 2 is 1.75 bits per heavy atom. The van der Waals surface area contributed by atoms with Gasteiger partial charge < -0.3 is 9.47 Å². The minimum Gasteiger partial charge on any atom is -0.451 e. The summed E-state index contributed by atoms with van der Waals surface area (Å²) in [6.45, 7) is 4.37. The van der Waals surface area contributed by atoms with Crippen LogP contribution in [0.4, 0.5) is 0 Å². The minimum absolute atomic E-state index is 0.116. The lowest BCUT2D eigenvalue weighted by molar-refractivity contribution is 0.0318. The van der Waals surface area contributed by atoms with Crippen molar-refractivity contribution < 1.29 is 28.7 Å². The van der Waals surface area contributed by atoms with Gasteiger partial charge in [0.05, 0.1) is 29.3 Å². The number of ketones is 1. The number of hydrogen-bond acceptors (Lipinski definition) is 6. The van der Waals surface area contributed by atoms with Gasteiger partial charge in [0.1, 0.15) is 0 Å². The Morgan fingerprint density at radius 3 is 2.41 bits per heavy atom. The molecule has 2 aromatic rings. The van der Waals surface area contributed by atoms with Crippen LogP contribution in [0.15, 0.2) is 42.5 Å². The fraction of sp³-hybridized carbons (Fsp3) is 0.360. The number of nitrogens with zero attached hydrogens (tertiary/aromatic N) is 1. The van der Waals surface area contributed by atoms with Crippen LogP contribution in [0.2, 0.25) is 0 Å². The first-order valence-corrected chi connectivity index (χ1v) is 10.8. The summed E-state index contributed by atoms with van der Waals surface area (Å²) in [4.78, 5) is 51.8. The van der Waals surface area contributed by atoms with Crippen LogP contribution < -0.4 is 0 Å². The van der Waals surface area contributed by atoms with Crippen molar-refractivity contribution in [3.8, 4) is 0 Å². The number of rotatable bonds is 7. The van der Waals surface area contributed by atoms with E-state index in [0.29, 0.717) is 12.2 Å². The van der Waals surface area contributed by atoms with E-state index in [1.165, 1.54) is 30.0 Å². The van der Waals surface area contributed by atoms with Crippen LogP contribution in [-0.2, 0) is 15.9 Å². The summed E-state index contributed by atoms with van der Waals surface area (Å²) < 4.78 is 10.9. The van der Waals surface area contributed by atoms with Crippen molar-refractivity contribution in [3.63, 3.8) is 0 Å². The first-order chi connectivity index (χ1) is 15.4. The van der Waals surface area contributed by atoms with Crippen LogP contribution >= 0.6 is 0 Å². The van der Waals surface area contributed by atoms with Gasteiger partial charge in [0.25, 0.3) is 11.8 Å². The summed E-state index contributed by atoms with van der Waals surface area (Å²) in [6.07, 6.45) is 1.43. The van der Waals surface area contributed by atoms with Crippen LogP contribution in [0.5, 0.6) is 0 Å². The molecule has 1 fully saturated rings. The zero-order chi connectivity index (χ0) is 22.8. The molecule has 0 bridgehead atoms. The lowest BCUT2D eigenvalue weighted by Crippen LogP contribution is -2.36. The highest BCUT2D eigenvalue weighted by molar-refractivity contribution is 6.22. The van der Waals surface area contributed by atoms with E-state index in [9.17, 15) is 19.2 Å². The standard InChI is InChI=1S/C25H25NO6/c1-3-16-6-8-17(9-7-16)22(27)15(2)32-25(30)18-10-11-20-21(13-18)24(29)26(23(20)28)14-19-5-4-12-31-19/h6-11,13,15,19H,3-5,12,14H2,1-2H3. The highest BCUT2D eigenvalue weighted by Crippen LogP contribution is 2.26. The van der Waals surface area contributed by atoms with Crippen molar-refractivity contribution in [1.29, 1.82) is 0 Å². The van der Waals surface area contributed by atoms with Gasteiger partial charge in [-0.25, -0.2) is 4.79 Å². The molecule has 0 radical (unpaired) electrons. The molecule has 2 heterocycles. The monoisotopic (exact) mass is 435 g/mol. The molecule has 2 aromatic carbocycles. The lowest BCUT2D eigenvalue weighted by atomic mass is 10.0. The molecular weight excluding hydrogens is 410 g/mol. The molecule has 2 amide bonds. The van der Waals surface area contributed by atoms with Crippen LogP contribution in [-0.4, -0.2) is 53.8 Å². The van der Waals surface area contributed by atoms with Crippen molar-refractivity contribution in [2.24, 2.45) is 0 Å². The maximum absolute atomic E-state index is 12.8. The number of ether oxygens (including phenoxy) is 2. The third-order valence-corrected chi connectivity index (χ3v) is 5.92. The second-order valence-electron chi connectivity index (χ2n) is 8.08. The molecule has 32 heavy (non-hydrogen) atoms. The van der Waals surface area contributed by atoms with Gasteiger partial charge in [-0.3, -0.25) is 19.3 Å². The van der Waals surface area contributed by atoms with Gasteiger partial charge in [0, 0.05) is 12.2 Å². The molecule has 0 N–H and O–H groups in total. The molecule has 1 saturated heterocycles. The summed E-state index contributed by atoms with van der Waals surface area (Å²) in [5, 5.41) is 0. The highest BCUT2D eigenvalue weighted by atomic mass is 16.5. The topological polar surface area (TPSA) is 90.0 Å². The number of imide groups is 1. The molecule has 0 aromatic heterocycles. The Morgan fingerprint density at radius 1 is 1.06 bits per heavy atom. The number of amides is 2. The Balaban J connectivity index is 1.45. The van der Waals surface area contributed by atoms with Gasteiger partial charge in [0.2, 0.25) is 5.78 Å². The molecule has 2 atom stereocenters. The molecule has 7 heteroatoms. The third-order valence-electron chi connectivity index (χ3n) is 5.92. The van der Waals surface area contributed by atoms with Crippen molar-refractivity contribution in [2.45, 2.75) is 45.3 Å². The number of fused-ring (bicyclic) bond motifs is 1. The van der Waals surface area contributed by atoms with Gasteiger partial charge in [0.15, 0.2) is 6.10 Å². The number of carbonyl (C=O) groups excluding carboxylic acids is 4. The van der Waals surface area contributed by atoms with E-state index in [2.05, 4.69) is 0 Å². The third kappa shape index (κ3) is 4.21. The summed E-state index contributed by atoms with van der Waals surface area (Å²) in [5.74, 6) is -1.87. The second-order valence-corrected chi connectivity index (χ2v) is 8.08. The van der Waals surface area contributed by atoms with E-state index >= 15 is 0 Å². The van der Waals surface area contributed by atoms with Crippen LogP contribution in [0, 0.1) is 0 Å². The van der Waals surface area contributed by atoms with E-state index in [1.54, 1.807) is 12.1 Å². The van der Waals surface area contributed by atoms with Crippen molar-refractivity contribution in [3.05, 3.63) is 70.3 Å². The predicted molar refractivity (Wildman–Crippen MR) is 116 cm³/mol. The van der Waals surface area contributed by atoms with Gasteiger partial charge >= 0.3 is 5.97 Å². The summed E-state index contributed by atoms with van der Waals surface area (Å²) in [7, 11) is 0. The second kappa shape index (κ2) is 9.04. The number of Topliss-reactive ketones (excluding diaryl/α,β-unsaturated/α-hetero) is 1. The molecule has 166 valence electrons. The first kappa shape index (κ1) is 21.9. The zero-order valence-corrected chi connectivity index (χ0v) is 18.1. The van der Waals surface area contributed by atoms with Crippen molar-refractivity contribution in [2.75, 3.05) is 13.2 Å². The van der Waals surface area contributed by atoms with Crippen molar-refractivity contribution in [1.82, 2.24) is 4.90 Å². The Bertz CT molecular complexity index is 1070. The average molecular weight is 435 g/mol. The van der Waals surface area contributed by atoms with E-state index in [1.807, 2.05) is 19.1 Å². The van der Waals surface area contributed by atoms with E-state index in [0.717, 1.165) is 24.8 Å². The normalized spacial score (nSPS) is 18.6. The lowest BCUT2D eigenvalue weighted by Gasteiger charge is -2.17. The predicted octanol–water partition coefficient (Wildman–Crippen LogP) is 3.45. The number of hydrogen-bond donors (Lipinski definition) is 0. The molecule has 2 unspecified atom stereocenters. The number of carbonyl (C=O) groups is 4.